The summed E-state index contributed by atoms with van der Waals surface area (Å²) in [6.07, 6.45) is 0.530. The van der Waals surface area contributed by atoms with Crippen LogP contribution in [0.1, 0.15) is 18.4 Å². The number of halogens is 2. The van der Waals surface area contributed by atoms with Crippen molar-refractivity contribution in [3.8, 4) is 5.75 Å². The Morgan fingerprint density at radius 3 is 2.39 bits per heavy atom. The highest BCUT2D eigenvalue weighted by atomic mass is 19.1. The van der Waals surface area contributed by atoms with Crippen LogP contribution in [-0.2, 0) is 19.7 Å². The number of ether oxygens (including phenoxy) is 2. The van der Waals surface area contributed by atoms with Crippen LogP contribution < -0.4 is 10.1 Å². The lowest BCUT2D eigenvalue weighted by molar-refractivity contribution is -0.139. The number of anilines is 1. The summed E-state index contributed by atoms with van der Waals surface area (Å²) < 4.78 is 38.2. The lowest BCUT2D eigenvalue weighted by Gasteiger charge is -2.36. The first kappa shape index (κ1) is 19.8. The van der Waals surface area contributed by atoms with Gasteiger partial charge in [0, 0.05) is 30.5 Å². The van der Waals surface area contributed by atoms with E-state index in [1.54, 1.807) is 12.1 Å². The van der Waals surface area contributed by atoms with E-state index >= 15 is 0 Å². The van der Waals surface area contributed by atoms with E-state index in [1.807, 2.05) is 0 Å². The van der Waals surface area contributed by atoms with Gasteiger partial charge in [0.1, 0.15) is 17.4 Å². The fraction of sp³-hybridized carbons (Fsp3) is 0.300. The molecule has 2 N–H and O–H groups in total. The molecule has 148 valence electrons. The van der Waals surface area contributed by atoms with Gasteiger partial charge in [0.15, 0.2) is 6.61 Å². The van der Waals surface area contributed by atoms with Gasteiger partial charge < -0.3 is 19.9 Å². The van der Waals surface area contributed by atoms with Gasteiger partial charge in [0.25, 0.3) is 0 Å². The van der Waals surface area contributed by atoms with Gasteiger partial charge in [-0.2, -0.15) is 0 Å². The summed E-state index contributed by atoms with van der Waals surface area (Å²) >= 11 is 0. The third-order valence-electron chi connectivity index (χ3n) is 4.70. The van der Waals surface area contributed by atoms with Crippen molar-refractivity contribution in [2.24, 2.45) is 0 Å². The molecule has 0 saturated carbocycles. The summed E-state index contributed by atoms with van der Waals surface area (Å²) in [6, 6.07) is 9.37. The Balaban J connectivity index is 1.81. The summed E-state index contributed by atoms with van der Waals surface area (Å²) in [7, 11) is 0. The Kier molecular flexibility index (Phi) is 5.89. The minimum absolute atomic E-state index is 0.135. The van der Waals surface area contributed by atoms with E-state index < -0.39 is 35.5 Å². The van der Waals surface area contributed by atoms with Crippen LogP contribution in [-0.4, -0.2) is 36.8 Å². The van der Waals surface area contributed by atoms with Gasteiger partial charge in [-0.25, -0.2) is 13.6 Å². The molecule has 2 aromatic rings. The van der Waals surface area contributed by atoms with Crippen molar-refractivity contribution in [2.45, 2.75) is 18.3 Å². The molecule has 28 heavy (non-hydrogen) atoms. The molecule has 2 aromatic carbocycles. The Morgan fingerprint density at radius 1 is 1.11 bits per heavy atom. The van der Waals surface area contributed by atoms with Gasteiger partial charge in [0.2, 0.25) is 5.91 Å². The molecule has 0 aromatic heterocycles. The molecule has 0 bridgehead atoms. The summed E-state index contributed by atoms with van der Waals surface area (Å²) in [5.74, 6) is -2.65. The van der Waals surface area contributed by atoms with Crippen molar-refractivity contribution in [3.05, 3.63) is 59.7 Å². The van der Waals surface area contributed by atoms with Gasteiger partial charge in [-0.1, -0.05) is 6.07 Å². The molecule has 1 amide bonds. The highest BCUT2D eigenvalue weighted by Gasteiger charge is 2.43. The minimum Gasteiger partial charge on any atom is -0.482 e. The second kappa shape index (κ2) is 8.35. The van der Waals surface area contributed by atoms with E-state index in [0.717, 1.165) is 12.1 Å². The smallest absolute Gasteiger partial charge is 0.341 e. The van der Waals surface area contributed by atoms with E-state index in [2.05, 4.69) is 5.32 Å². The van der Waals surface area contributed by atoms with E-state index in [4.69, 9.17) is 14.6 Å². The van der Waals surface area contributed by atoms with Crippen molar-refractivity contribution in [1.29, 1.82) is 0 Å². The number of carboxylic acid groups (broad SMARTS) is 1. The lowest BCUT2D eigenvalue weighted by atomic mass is 9.73. The molecule has 1 heterocycles. The maximum Gasteiger partial charge on any atom is 0.341 e. The van der Waals surface area contributed by atoms with Crippen LogP contribution in [0.2, 0.25) is 0 Å². The quantitative estimate of drug-likeness (QED) is 0.790. The molecular formula is C20H19F2NO5. The van der Waals surface area contributed by atoms with Gasteiger partial charge in [0.05, 0.1) is 5.41 Å². The number of rotatable bonds is 6. The van der Waals surface area contributed by atoms with Crippen LogP contribution in [0.15, 0.2) is 42.5 Å². The number of hydrogen-bond acceptors (Lipinski definition) is 4. The zero-order valence-corrected chi connectivity index (χ0v) is 14.9. The SMILES string of the molecule is O=C(O)COc1ccc(NC(=O)C2(c3ccc(F)cc3F)CCOCC2)cc1. The van der Waals surface area contributed by atoms with Gasteiger partial charge in [-0.05, 0) is 43.2 Å². The topological polar surface area (TPSA) is 84.9 Å². The Labute approximate surface area is 160 Å². The van der Waals surface area contributed by atoms with Crippen molar-refractivity contribution in [2.75, 3.05) is 25.1 Å². The highest BCUT2D eigenvalue weighted by Crippen LogP contribution is 2.38. The number of aliphatic carboxylic acids is 1. The first-order valence-corrected chi connectivity index (χ1v) is 8.70. The molecule has 1 saturated heterocycles. The van der Waals surface area contributed by atoms with E-state index in [9.17, 15) is 18.4 Å². The van der Waals surface area contributed by atoms with Crippen LogP contribution in [0, 0.1) is 11.6 Å². The molecule has 0 spiro atoms. The van der Waals surface area contributed by atoms with Crippen LogP contribution >= 0.6 is 0 Å². The molecule has 0 radical (unpaired) electrons. The van der Waals surface area contributed by atoms with Crippen molar-refractivity contribution >= 4 is 17.6 Å². The number of carbonyl (C=O) groups excluding carboxylic acids is 1. The number of carboxylic acids is 1. The molecule has 1 aliphatic rings. The number of hydrogen-bond donors (Lipinski definition) is 2. The standard InChI is InChI=1S/C20H19F2NO5/c21-13-1-6-16(17(22)11-13)20(7-9-27-10-8-20)19(26)23-14-2-4-15(5-3-14)28-12-18(24)25/h1-6,11H,7-10,12H2,(H,23,26)(H,24,25). The van der Waals surface area contributed by atoms with Crippen LogP contribution in [0.3, 0.4) is 0 Å². The van der Waals surface area contributed by atoms with Crippen molar-refractivity contribution in [3.63, 3.8) is 0 Å². The van der Waals surface area contributed by atoms with Gasteiger partial charge in [-0.3, -0.25) is 4.79 Å². The predicted octanol–water partition coefficient (Wildman–Crippen LogP) is 3.12. The number of benzene rings is 2. The van der Waals surface area contributed by atoms with E-state index in [1.165, 1.54) is 18.2 Å². The number of nitrogens with one attached hydrogen (secondary N) is 1. The zero-order chi connectivity index (χ0) is 20.1. The van der Waals surface area contributed by atoms with Crippen LogP contribution in [0.5, 0.6) is 5.75 Å². The van der Waals surface area contributed by atoms with Crippen molar-refractivity contribution < 1.29 is 33.0 Å². The molecule has 0 unspecified atom stereocenters. The third-order valence-corrected chi connectivity index (χ3v) is 4.70. The van der Waals surface area contributed by atoms with E-state index in [-0.39, 0.29) is 31.6 Å². The first-order valence-electron chi connectivity index (χ1n) is 8.70. The van der Waals surface area contributed by atoms with E-state index in [0.29, 0.717) is 11.4 Å². The van der Waals surface area contributed by atoms with Gasteiger partial charge in [-0.15, -0.1) is 0 Å². The molecule has 3 rings (SSSR count). The van der Waals surface area contributed by atoms with Crippen LogP contribution in [0.25, 0.3) is 0 Å². The molecule has 1 fully saturated rings. The highest BCUT2D eigenvalue weighted by molar-refractivity contribution is 5.99. The average Bonchev–Trinajstić information content (AvgIpc) is 2.68. The molecule has 6 nitrogen and oxygen atoms in total. The van der Waals surface area contributed by atoms with Crippen LogP contribution in [0.4, 0.5) is 14.5 Å². The number of carbonyl (C=O) groups is 2. The molecule has 0 atom stereocenters. The molecule has 0 aliphatic carbocycles. The number of amides is 1. The normalized spacial score (nSPS) is 15.6. The summed E-state index contributed by atoms with van der Waals surface area (Å²) in [6.45, 7) is 0.0943. The summed E-state index contributed by atoms with van der Waals surface area (Å²) in [4.78, 5) is 23.6. The fourth-order valence-electron chi connectivity index (χ4n) is 3.25. The maximum absolute atomic E-state index is 14.5. The largest absolute Gasteiger partial charge is 0.482 e. The Morgan fingerprint density at radius 2 is 1.79 bits per heavy atom. The van der Waals surface area contributed by atoms with Crippen molar-refractivity contribution in [1.82, 2.24) is 0 Å². The minimum atomic E-state index is -1.17. The average molecular weight is 391 g/mol. The monoisotopic (exact) mass is 391 g/mol. The molecular weight excluding hydrogens is 372 g/mol. The fourth-order valence-corrected chi connectivity index (χ4v) is 3.25. The Bertz CT molecular complexity index is 863. The predicted molar refractivity (Wildman–Crippen MR) is 96.3 cm³/mol. The molecule has 8 heteroatoms. The third kappa shape index (κ3) is 4.28. The molecule has 1 aliphatic heterocycles. The second-order valence-electron chi connectivity index (χ2n) is 6.48. The summed E-state index contributed by atoms with van der Waals surface area (Å²) in [5.41, 5.74) is -0.591. The lowest BCUT2D eigenvalue weighted by Crippen LogP contribution is -2.45. The van der Waals surface area contributed by atoms with Gasteiger partial charge >= 0.3 is 5.97 Å². The summed E-state index contributed by atoms with van der Waals surface area (Å²) in [5, 5.41) is 11.4. The maximum atomic E-state index is 14.5. The first-order chi connectivity index (χ1) is 13.4. The Hall–Kier alpha value is -3.00. The zero-order valence-electron chi connectivity index (χ0n) is 14.9. The second-order valence-corrected chi connectivity index (χ2v) is 6.48.